The third kappa shape index (κ3) is 5.95. The van der Waals surface area contributed by atoms with E-state index in [2.05, 4.69) is 39.8 Å². The molecule has 33 heavy (non-hydrogen) atoms. The average Bonchev–Trinajstić information content (AvgIpc) is 2.81. The summed E-state index contributed by atoms with van der Waals surface area (Å²) in [5.41, 5.74) is 3.22. The van der Waals surface area contributed by atoms with Crippen molar-refractivity contribution in [3.05, 3.63) is 82.0 Å². The van der Waals surface area contributed by atoms with Gasteiger partial charge < -0.3 is 15.4 Å². The minimum absolute atomic E-state index is 0.266. The Kier molecular flexibility index (Phi) is 7.68. The van der Waals surface area contributed by atoms with Crippen LogP contribution in [-0.4, -0.2) is 43.1 Å². The standard InChI is InChI=1S/C26H30ClN3O3/c1-2-33-25(31)23-22(28-26(32)29-24(23)20-8-10-21(27)11-9-20)17-30-14-12-19(13-15-30)16-18-6-4-3-5-7-18/h3-11,19,24H,2,12-17H2,1H3,(H2,28,29,32)/t24-/m1/s1. The molecule has 0 spiro atoms. The smallest absolute Gasteiger partial charge is 0.338 e. The maximum Gasteiger partial charge on any atom is 0.338 e. The molecule has 2 aliphatic rings. The predicted molar refractivity (Wildman–Crippen MR) is 129 cm³/mol. The van der Waals surface area contributed by atoms with Crippen LogP contribution < -0.4 is 10.6 Å². The molecule has 2 aliphatic heterocycles. The zero-order valence-corrected chi connectivity index (χ0v) is 19.6. The summed E-state index contributed by atoms with van der Waals surface area (Å²) in [7, 11) is 0. The van der Waals surface area contributed by atoms with Gasteiger partial charge in [0.1, 0.15) is 0 Å². The number of halogens is 1. The van der Waals surface area contributed by atoms with Crippen molar-refractivity contribution in [3.63, 3.8) is 0 Å². The van der Waals surface area contributed by atoms with Crippen molar-refractivity contribution in [2.75, 3.05) is 26.2 Å². The van der Waals surface area contributed by atoms with Crippen LogP contribution in [0.15, 0.2) is 65.9 Å². The molecule has 1 atom stereocenters. The summed E-state index contributed by atoms with van der Waals surface area (Å²) in [5, 5.41) is 6.35. The molecular formula is C26H30ClN3O3. The number of rotatable bonds is 7. The number of nitrogens with zero attached hydrogens (tertiary/aromatic N) is 1. The lowest BCUT2D eigenvalue weighted by molar-refractivity contribution is -0.139. The second-order valence-corrected chi connectivity index (χ2v) is 9.04. The van der Waals surface area contributed by atoms with Crippen LogP contribution >= 0.6 is 11.6 Å². The average molecular weight is 468 g/mol. The molecule has 0 bridgehead atoms. The molecule has 0 unspecified atom stereocenters. The van der Waals surface area contributed by atoms with Crippen molar-refractivity contribution in [2.45, 2.75) is 32.2 Å². The molecule has 2 amide bonds. The topological polar surface area (TPSA) is 70.7 Å². The molecule has 1 fully saturated rings. The Balaban J connectivity index is 1.50. The molecule has 0 saturated carbocycles. The van der Waals surface area contributed by atoms with E-state index in [-0.39, 0.29) is 12.6 Å². The van der Waals surface area contributed by atoms with E-state index in [1.807, 2.05) is 18.2 Å². The molecule has 6 nitrogen and oxygen atoms in total. The Hall–Kier alpha value is -2.83. The highest BCUT2D eigenvalue weighted by Crippen LogP contribution is 2.30. The van der Waals surface area contributed by atoms with Gasteiger partial charge in [-0.05, 0) is 68.5 Å². The van der Waals surface area contributed by atoms with Crippen LogP contribution in [0.4, 0.5) is 4.79 Å². The predicted octanol–water partition coefficient (Wildman–Crippen LogP) is 4.47. The van der Waals surface area contributed by atoms with Gasteiger partial charge in [-0.1, -0.05) is 54.1 Å². The van der Waals surface area contributed by atoms with Gasteiger partial charge in [0.2, 0.25) is 0 Å². The normalized spacial score (nSPS) is 19.7. The van der Waals surface area contributed by atoms with Crippen molar-refractivity contribution < 1.29 is 14.3 Å². The van der Waals surface area contributed by atoms with Gasteiger partial charge in [0.25, 0.3) is 0 Å². The Morgan fingerprint density at radius 2 is 1.79 bits per heavy atom. The maximum absolute atomic E-state index is 12.9. The third-order valence-electron chi connectivity index (χ3n) is 6.31. The zero-order chi connectivity index (χ0) is 23.2. The lowest BCUT2D eigenvalue weighted by atomic mass is 9.89. The van der Waals surface area contributed by atoms with Gasteiger partial charge in [-0.15, -0.1) is 0 Å². The molecule has 0 radical (unpaired) electrons. The number of carbonyl (C=O) groups is 2. The fourth-order valence-corrected chi connectivity index (χ4v) is 4.74. The summed E-state index contributed by atoms with van der Waals surface area (Å²) in [6, 6.07) is 16.8. The molecule has 2 aromatic rings. The summed E-state index contributed by atoms with van der Waals surface area (Å²) < 4.78 is 5.36. The van der Waals surface area contributed by atoms with Crippen LogP contribution in [0.5, 0.6) is 0 Å². The van der Waals surface area contributed by atoms with Crippen LogP contribution in [0, 0.1) is 5.92 Å². The third-order valence-corrected chi connectivity index (χ3v) is 6.56. The first-order chi connectivity index (χ1) is 16.0. The number of benzene rings is 2. The van der Waals surface area contributed by atoms with Crippen LogP contribution in [0.25, 0.3) is 0 Å². The van der Waals surface area contributed by atoms with E-state index in [0.29, 0.717) is 28.8 Å². The summed E-state index contributed by atoms with van der Waals surface area (Å²) in [4.78, 5) is 27.7. The summed E-state index contributed by atoms with van der Waals surface area (Å²) in [6.45, 7) is 4.39. The lowest BCUT2D eigenvalue weighted by Crippen LogP contribution is -2.49. The number of carbonyl (C=O) groups excluding carboxylic acids is 2. The summed E-state index contributed by atoms with van der Waals surface area (Å²) in [5.74, 6) is 0.227. The van der Waals surface area contributed by atoms with Crippen molar-refractivity contribution in [1.82, 2.24) is 15.5 Å². The zero-order valence-electron chi connectivity index (χ0n) is 18.9. The van der Waals surface area contributed by atoms with Crippen LogP contribution in [0.2, 0.25) is 5.02 Å². The summed E-state index contributed by atoms with van der Waals surface area (Å²) >= 11 is 6.04. The number of urea groups is 1. The number of hydrogen-bond acceptors (Lipinski definition) is 4. The quantitative estimate of drug-likeness (QED) is 0.589. The molecule has 0 aliphatic carbocycles. The first-order valence-electron chi connectivity index (χ1n) is 11.5. The van der Waals surface area contributed by atoms with E-state index in [1.165, 1.54) is 5.56 Å². The fraction of sp³-hybridized carbons (Fsp3) is 0.385. The van der Waals surface area contributed by atoms with Crippen LogP contribution in [0.1, 0.15) is 36.9 Å². The Morgan fingerprint density at radius 1 is 1.09 bits per heavy atom. The van der Waals surface area contributed by atoms with Crippen molar-refractivity contribution in [3.8, 4) is 0 Å². The molecule has 4 rings (SSSR count). The second kappa shape index (κ2) is 10.9. The van der Waals surface area contributed by atoms with Gasteiger partial charge in [-0.3, -0.25) is 4.90 Å². The highest BCUT2D eigenvalue weighted by atomic mass is 35.5. The molecule has 174 valence electrons. The molecule has 1 saturated heterocycles. The van der Waals surface area contributed by atoms with E-state index in [1.54, 1.807) is 19.1 Å². The van der Waals surface area contributed by atoms with Crippen LogP contribution in [-0.2, 0) is 16.0 Å². The summed E-state index contributed by atoms with van der Waals surface area (Å²) in [6.07, 6.45) is 3.26. The van der Waals surface area contributed by atoms with Crippen LogP contribution in [0.3, 0.4) is 0 Å². The number of piperidine rings is 1. The van der Waals surface area contributed by atoms with E-state index in [0.717, 1.165) is 37.9 Å². The minimum atomic E-state index is -0.583. The Bertz CT molecular complexity index is 999. The highest BCUT2D eigenvalue weighted by molar-refractivity contribution is 6.30. The number of hydrogen-bond donors (Lipinski definition) is 2. The number of amides is 2. The van der Waals surface area contributed by atoms with E-state index in [4.69, 9.17) is 16.3 Å². The van der Waals surface area contributed by atoms with E-state index < -0.39 is 12.0 Å². The first-order valence-corrected chi connectivity index (χ1v) is 11.9. The fourth-order valence-electron chi connectivity index (χ4n) is 4.62. The SMILES string of the molecule is CCOC(=O)C1=C(CN2CCC(Cc3ccccc3)CC2)NC(=O)N[C@@H]1c1ccc(Cl)cc1. The number of esters is 1. The number of nitrogens with one attached hydrogen (secondary N) is 2. The van der Waals surface area contributed by atoms with Gasteiger partial charge in [0, 0.05) is 17.3 Å². The monoisotopic (exact) mass is 467 g/mol. The maximum atomic E-state index is 12.9. The number of likely N-dealkylation sites (tertiary alicyclic amines) is 1. The molecule has 2 aromatic carbocycles. The molecular weight excluding hydrogens is 438 g/mol. The van der Waals surface area contributed by atoms with Gasteiger partial charge in [-0.2, -0.15) is 0 Å². The van der Waals surface area contributed by atoms with Crippen molar-refractivity contribution in [2.24, 2.45) is 5.92 Å². The van der Waals surface area contributed by atoms with Gasteiger partial charge >= 0.3 is 12.0 Å². The lowest BCUT2D eigenvalue weighted by Gasteiger charge is -2.35. The molecule has 2 N–H and O–H groups in total. The van der Waals surface area contributed by atoms with Gasteiger partial charge in [0.05, 0.1) is 18.2 Å². The first kappa shape index (κ1) is 23.3. The highest BCUT2D eigenvalue weighted by Gasteiger charge is 2.34. The second-order valence-electron chi connectivity index (χ2n) is 8.60. The Morgan fingerprint density at radius 3 is 2.45 bits per heavy atom. The van der Waals surface area contributed by atoms with Gasteiger partial charge in [0.15, 0.2) is 0 Å². The van der Waals surface area contributed by atoms with Crippen molar-refractivity contribution >= 4 is 23.6 Å². The van der Waals surface area contributed by atoms with E-state index >= 15 is 0 Å². The molecule has 7 heteroatoms. The van der Waals surface area contributed by atoms with Gasteiger partial charge in [-0.25, -0.2) is 9.59 Å². The van der Waals surface area contributed by atoms with Crippen molar-refractivity contribution in [1.29, 1.82) is 0 Å². The van der Waals surface area contributed by atoms with E-state index in [9.17, 15) is 9.59 Å². The minimum Gasteiger partial charge on any atom is -0.463 e. The Labute approximate surface area is 199 Å². The largest absolute Gasteiger partial charge is 0.463 e. The number of ether oxygens (including phenoxy) is 1. The molecule has 0 aromatic heterocycles. The molecule has 2 heterocycles.